The molecule has 0 radical (unpaired) electrons. The molecule has 0 saturated heterocycles. The van der Waals surface area contributed by atoms with Crippen LogP contribution in [-0.2, 0) is 11.3 Å². The highest BCUT2D eigenvalue weighted by atomic mass is 16.4. The first kappa shape index (κ1) is 16.6. The number of aromatic nitrogens is 1. The molecule has 0 saturated carbocycles. The maximum Gasteiger partial charge on any atom is 0.307 e. The molecule has 1 atom stereocenters. The normalized spacial score (nSPS) is 12.8. The van der Waals surface area contributed by atoms with Gasteiger partial charge in [-0.15, -0.1) is 0 Å². The molecule has 1 unspecified atom stereocenters. The predicted octanol–water partition coefficient (Wildman–Crippen LogP) is 1.56. The van der Waals surface area contributed by atoms with Crippen molar-refractivity contribution < 1.29 is 9.90 Å². The number of carbonyl (C=O) groups is 1. The van der Waals surface area contributed by atoms with Gasteiger partial charge in [-0.1, -0.05) is 13.0 Å². The number of carboxylic acid groups (broad SMARTS) is 1. The Labute approximate surface area is 121 Å². The molecular weight excluding hydrogens is 254 g/mol. The molecule has 1 aromatic heterocycles. The number of hydrogen-bond acceptors (Lipinski definition) is 4. The zero-order valence-corrected chi connectivity index (χ0v) is 12.6. The molecule has 5 nitrogen and oxygen atoms in total. The molecule has 0 fully saturated rings. The van der Waals surface area contributed by atoms with Crippen molar-refractivity contribution in [1.82, 2.24) is 14.8 Å². The topological polar surface area (TPSA) is 56.7 Å². The number of pyridine rings is 1. The molecule has 0 spiro atoms. The molecule has 1 heterocycles. The molecule has 5 heteroatoms. The van der Waals surface area contributed by atoms with Gasteiger partial charge in [0, 0.05) is 25.5 Å². The van der Waals surface area contributed by atoms with Gasteiger partial charge in [0.15, 0.2) is 0 Å². The summed E-state index contributed by atoms with van der Waals surface area (Å²) in [5.41, 5.74) is 1.12. The van der Waals surface area contributed by atoms with Crippen molar-refractivity contribution in [2.45, 2.75) is 19.9 Å². The lowest BCUT2D eigenvalue weighted by Crippen LogP contribution is -2.33. The first-order chi connectivity index (χ1) is 9.49. The Morgan fingerprint density at radius 1 is 1.40 bits per heavy atom. The summed E-state index contributed by atoms with van der Waals surface area (Å²) >= 11 is 0. The molecule has 0 bridgehead atoms. The third-order valence-electron chi connectivity index (χ3n) is 3.16. The number of aliphatic carboxylic acids is 1. The molecule has 112 valence electrons. The van der Waals surface area contributed by atoms with E-state index in [-0.39, 0.29) is 5.92 Å². The van der Waals surface area contributed by atoms with Crippen molar-refractivity contribution in [3.63, 3.8) is 0 Å². The second-order valence-electron chi connectivity index (χ2n) is 5.49. The first-order valence-electron chi connectivity index (χ1n) is 6.98. The third kappa shape index (κ3) is 6.63. The van der Waals surface area contributed by atoms with E-state index in [0.717, 1.165) is 31.6 Å². The summed E-state index contributed by atoms with van der Waals surface area (Å²) < 4.78 is 0. The quantitative estimate of drug-likeness (QED) is 0.743. The van der Waals surface area contributed by atoms with Gasteiger partial charge in [-0.25, -0.2) is 0 Å². The van der Waals surface area contributed by atoms with Crippen LogP contribution >= 0.6 is 0 Å². The maximum atomic E-state index is 11.0. The van der Waals surface area contributed by atoms with Crippen LogP contribution < -0.4 is 0 Å². The second kappa shape index (κ2) is 8.66. The van der Waals surface area contributed by atoms with Gasteiger partial charge in [0.2, 0.25) is 0 Å². The third-order valence-corrected chi connectivity index (χ3v) is 3.16. The van der Waals surface area contributed by atoms with E-state index >= 15 is 0 Å². The average Bonchev–Trinajstić information content (AvgIpc) is 2.39. The number of hydrogen-bond donors (Lipinski definition) is 1. The minimum absolute atomic E-state index is 0.356. The Morgan fingerprint density at radius 2 is 2.15 bits per heavy atom. The maximum absolute atomic E-state index is 11.0. The summed E-state index contributed by atoms with van der Waals surface area (Å²) in [5.74, 6) is -1.10. The first-order valence-corrected chi connectivity index (χ1v) is 6.98. The van der Waals surface area contributed by atoms with Gasteiger partial charge in [0.05, 0.1) is 5.92 Å². The van der Waals surface area contributed by atoms with Crippen LogP contribution in [0.1, 0.15) is 18.9 Å². The molecule has 0 aliphatic rings. The molecule has 1 rings (SSSR count). The zero-order valence-electron chi connectivity index (χ0n) is 12.6. The molecule has 0 aliphatic heterocycles. The van der Waals surface area contributed by atoms with Crippen LogP contribution in [-0.4, -0.2) is 59.6 Å². The van der Waals surface area contributed by atoms with E-state index in [1.807, 2.05) is 32.4 Å². The summed E-state index contributed by atoms with van der Waals surface area (Å²) in [6.45, 7) is 4.97. The molecule has 1 aromatic rings. The molecular formula is C15H25N3O2. The molecule has 0 aromatic carbocycles. The van der Waals surface area contributed by atoms with Crippen molar-refractivity contribution >= 4 is 5.97 Å². The number of rotatable bonds is 9. The smallest absolute Gasteiger partial charge is 0.307 e. The van der Waals surface area contributed by atoms with E-state index in [9.17, 15) is 4.79 Å². The fourth-order valence-electron chi connectivity index (χ4n) is 2.06. The summed E-state index contributed by atoms with van der Waals surface area (Å²) in [7, 11) is 4.09. The SMILES string of the molecule is CC(CN(CCCN(C)C)Cc1cccnc1)C(=O)O. The monoisotopic (exact) mass is 279 g/mol. The van der Waals surface area contributed by atoms with Gasteiger partial charge in [0.1, 0.15) is 0 Å². The highest BCUT2D eigenvalue weighted by Gasteiger charge is 2.16. The Bertz CT molecular complexity index is 395. The highest BCUT2D eigenvalue weighted by molar-refractivity contribution is 5.69. The van der Waals surface area contributed by atoms with Crippen molar-refractivity contribution in [2.24, 2.45) is 5.92 Å². The van der Waals surface area contributed by atoms with Crippen molar-refractivity contribution in [2.75, 3.05) is 33.7 Å². The van der Waals surface area contributed by atoms with Crippen LogP contribution in [0.15, 0.2) is 24.5 Å². The number of nitrogens with zero attached hydrogens (tertiary/aromatic N) is 3. The number of carboxylic acids is 1. The van der Waals surface area contributed by atoms with Crippen molar-refractivity contribution in [1.29, 1.82) is 0 Å². The van der Waals surface area contributed by atoms with Crippen LogP contribution in [0.3, 0.4) is 0 Å². The average molecular weight is 279 g/mol. The lowest BCUT2D eigenvalue weighted by atomic mass is 10.1. The Morgan fingerprint density at radius 3 is 2.70 bits per heavy atom. The predicted molar refractivity (Wildman–Crippen MR) is 79.5 cm³/mol. The zero-order chi connectivity index (χ0) is 15.0. The van der Waals surface area contributed by atoms with Gasteiger partial charge in [-0.3, -0.25) is 14.7 Å². The lowest BCUT2D eigenvalue weighted by molar-refractivity contribution is -0.141. The standard InChI is InChI=1S/C15H25N3O2/c1-13(15(19)20)11-18(9-5-8-17(2)3)12-14-6-4-7-16-10-14/h4,6-7,10,13H,5,8-9,11-12H2,1-3H3,(H,19,20). The summed E-state index contributed by atoms with van der Waals surface area (Å²) in [4.78, 5) is 19.5. The summed E-state index contributed by atoms with van der Waals surface area (Å²) in [5, 5.41) is 9.06. The van der Waals surface area contributed by atoms with Gasteiger partial charge in [-0.05, 0) is 45.2 Å². The van der Waals surface area contributed by atoms with Gasteiger partial charge in [0.25, 0.3) is 0 Å². The van der Waals surface area contributed by atoms with Crippen LogP contribution in [0.4, 0.5) is 0 Å². The van der Waals surface area contributed by atoms with Crippen LogP contribution in [0.2, 0.25) is 0 Å². The second-order valence-corrected chi connectivity index (χ2v) is 5.49. The van der Waals surface area contributed by atoms with E-state index in [1.165, 1.54) is 0 Å². The minimum atomic E-state index is -0.742. The summed E-state index contributed by atoms with van der Waals surface area (Å²) in [6, 6.07) is 3.94. The highest BCUT2D eigenvalue weighted by Crippen LogP contribution is 2.08. The molecule has 20 heavy (non-hydrogen) atoms. The molecule has 0 aliphatic carbocycles. The van der Waals surface area contributed by atoms with E-state index < -0.39 is 5.97 Å². The van der Waals surface area contributed by atoms with Gasteiger partial charge in [-0.2, -0.15) is 0 Å². The Kier molecular flexibility index (Phi) is 7.18. The molecule has 0 amide bonds. The fourth-order valence-corrected chi connectivity index (χ4v) is 2.06. The Balaban J connectivity index is 2.56. The summed E-state index contributed by atoms with van der Waals surface area (Å²) in [6.07, 6.45) is 4.61. The lowest BCUT2D eigenvalue weighted by Gasteiger charge is -2.24. The van der Waals surface area contributed by atoms with Gasteiger partial charge < -0.3 is 10.0 Å². The minimum Gasteiger partial charge on any atom is -0.481 e. The fraction of sp³-hybridized carbons (Fsp3) is 0.600. The largest absolute Gasteiger partial charge is 0.481 e. The van der Waals surface area contributed by atoms with E-state index in [0.29, 0.717) is 6.54 Å². The van der Waals surface area contributed by atoms with Crippen molar-refractivity contribution in [3.05, 3.63) is 30.1 Å². The van der Waals surface area contributed by atoms with E-state index in [2.05, 4.69) is 14.8 Å². The molecule has 1 N–H and O–H groups in total. The van der Waals surface area contributed by atoms with Crippen molar-refractivity contribution in [3.8, 4) is 0 Å². The van der Waals surface area contributed by atoms with Crippen LogP contribution in [0, 0.1) is 5.92 Å². The van der Waals surface area contributed by atoms with E-state index in [4.69, 9.17) is 5.11 Å². The van der Waals surface area contributed by atoms with Crippen LogP contribution in [0.25, 0.3) is 0 Å². The van der Waals surface area contributed by atoms with E-state index in [1.54, 1.807) is 13.1 Å². The Hall–Kier alpha value is -1.46. The van der Waals surface area contributed by atoms with Crippen LogP contribution in [0.5, 0.6) is 0 Å². The van der Waals surface area contributed by atoms with Gasteiger partial charge >= 0.3 is 5.97 Å².